The van der Waals surface area contributed by atoms with Gasteiger partial charge in [-0.25, -0.2) is 0 Å². The first-order valence-corrected chi connectivity index (χ1v) is 7.53. The van der Waals surface area contributed by atoms with Crippen molar-refractivity contribution >= 4 is 11.6 Å². The average Bonchev–Trinajstić information content (AvgIpc) is 2.46. The molecule has 2 aromatic rings. The van der Waals surface area contributed by atoms with Gasteiger partial charge in [0.15, 0.2) is 0 Å². The molecule has 0 saturated carbocycles. The molecule has 1 unspecified atom stereocenters. The molecular weight excluding hydrogens is 284 g/mol. The minimum atomic E-state index is -0.192. The van der Waals surface area contributed by atoms with Crippen LogP contribution < -0.4 is 10.1 Å². The van der Waals surface area contributed by atoms with E-state index in [9.17, 15) is 0 Å². The standard InChI is InChI=1S/C17H19ClN2O/c1-17(2)10-15(20-11-13-5-3-4-8-19-13)14-9-12(18)6-7-16(14)21-17/h3-9,15,20H,10-11H2,1-2H3. The maximum atomic E-state index is 6.13. The molecule has 0 bridgehead atoms. The van der Waals surface area contributed by atoms with Crippen LogP contribution in [0.15, 0.2) is 42.6 Å². The maximum absolute atomic E-state index is 6.13. The molecule has 2 heterocycles. The van der Waals surface area contributed by atoms with E-state index in [1.54, 1.807) is 0 Å². The van der Waals surface area contributed by atoms with Crippen molar-refractivity contribution < 1.29 is 4.74 Å². The Morgan fingerprint density at radius 1 is 1.33 bits per heavy atom. The van der Waals surface area contributed by atoms with Gasteiger partial charge in [-0.15, -0.1) is 0 Å². The molecule has 0 aliphatic carbocycles. The maximum Gasteiger partial charge on any atom is 0.124 e. The Morgan fingerprint density at radius 3 is 2.95 bits per heavy atom. The number of rotatable bonds is 3. The van der Waals surface area contributed by atoms with Gasteiger partial charge in [-0.05, 0) is 44.2 Å². The number of halogens is 1. The van der Waals surface area contributed by atoms with Crippen LogP contribution in [-0.4, -0.2) is 10.6 Å². The zero-order valence-electron chi connectivity index (χ0n) is 12.3. The summed E-state index contributed by atoms with van der Waals surface area (Å²) in [4.78, 5) is 4.35. The van der Waals surface area contributed by atoms with Crippen molar-refractivity contribution in [2.24, 2.45) is 0 Å². The summed E-state index contributed by atoms with van der Waals surface area (Å²) in [5, 5.41) is 4.31. The molecule has 1 aliphatic heterocycles. The molecule has 1 aromatic heterocycles. The largest absolute Gasteiger partial charge is 0.487 e. The third-order valence-electron chi connectivity index (χ3n) is 3.68. The van der Waals surface area contributed by atoms with Gasteiger partial charge >= 0.3 is 0 Å². The summed E-state index contributed by atoms with van der Waals surface area (Å²) in [5.41, 5.74) is 1.96. The Balaban J connectivity index is 1.82. The zero-order chi connectivity index (χ0) is 14.9. The van der Waals surface area contributed by atoms with E-state index < -0.39 is 0 Å². The van der Waals surface area contributed by atoms with E-state index >= 15 is 0 Å². The Hall–Kier alpha value is -1.58. The van der Waals surface area contributed by atoms with Crippen molar-refractivity contribution in [1.82, 2.24) is 10.3 Å². The van der Waals surface area contributed by atoms with Crippen molar-refractivity contribution in [2.75, 3.05) is 0 Å². The lowest BCUT2D eigenvalue weighted by Gasteiger charge is -2.38. The number of pyridine rings is 1. The molecule has 3 nitrogen and oxygen atoms in total. The molecular formula is C17H19ClN2O. The molecule has 1 aliphatic rings. The normalized spacial score (nSPS) is 19.7. The molecule has 0 amide bonds. The minimum Gasteiger partial charge on any atom is -0.487 e. The van der Waals surface area contributed by atoms with E-state index in [0.29, 0.717) is 0 Å². The number of benzene rings is 1. The summed E-state index contributed by atoms with van der Waals surface area (Å²) in [6.07, 6.45) is 2.71. The third-order valence-corrected chi connectivity index (χ3v) is 3.92. The van der Waals surface area contributed by atoms with Crippen molar-refractivity contribution in [3.8, 4) is 5.75 Å². The van der Waals surface area contributed by atoms with Crippen molar-refractivity contribution in [2.45, 2.75) is 38.5 Å². The van der Waals surface area contributed by atoms with Crippen LogP contribution in [0.5, 0.6) is 5.75 Å². The predicted octanol–water partition coefficient (Wildman–Crippen LogP) is 4.13. The molecule has 4 heteroatoms. The summed E-state index contributed by atoms with van der Waals surface area (Å²) in [6, 6.07) is 12.0. The van der Waals surface area contributed by atoms with Gasteiger partial charge in [-0.3, -0.25) is 4.98 Å². The van der Waals surface area contributed by atoms with Crippen LogP contribution in [0.25, 0.3) is 0 Å². The van der Waals surface area contributed by atoms with Gasteiger partial charge in [0.25, 0.3) is 0 Å². The first-order valence-electron chi connectivity index (χ1n) is 7.15. The van der Waals surface area contributed by atoms with Crippen LogP contribution in [0.3, 0.4) is 0 Å². The SMILES string of the molecule is CC1(C)CC(NCc2ccccn2)c2cc(Cl)ccc2O1. The number of hydrogen-bond acceptors (Lipinski definition) is 3. The van der Waals surface area contributed by atoms with Crippen molar-refractivity contribution in [3.05, 3.63) is 58.9 Å². The monoisotopic (exact) mass is 302 g/mol. The lowest BCUT2D eigenvalue weighted by atomic mass is 9.89. The number of ether oxygens (including phenoxy) is 1. The average molecular weight is 303 g/mol. The van der Waals surface area contributed by atoms with Gasteiger partial charge in [-0.1, -0.05) is 17.7 Å². The fraction of sp³-hybridized carbons (Fsp3) is 0.353. The highest BCUT2D eigenvalue weighted by molar-refractivity contribution is 6.30. The number of hydrogen-bond donors (Lipinski definition) is 1. The fourth-order valence-corrected chi connectivity index (χ4v) is 2.92. The molecule has 1 atom stereocenters. The molecule has 0 fully saturated rings. The summed E-state index contributed by atoms with van der Waals surface area (Å²) >= 11 is 6.13. The number of nitrogens with zero attached hydrogens (tertiary/aromatic N) is 1. The highest BCUT2D eigenvalue weighted by atomic mass is 35.5. The highest BCUT2D eigenvalue weighted by Crippen LogP contribution is 2.40. The van der Waals surface area contributed by atoms with E-state index in [2.05, 4.69) is 24.1 Å². The topological polar surface area (TPSA) is 34.2 Å². The van der Waals surface area contributed by atoms with Gasteiger partial charge < -0.3 is 10.1 Å². The number of fused-ring (bicyclic) bond motifs is 1. The van der Waals surface area contributed by atoms with Crippen LogP contribution in [-0.2, 0) is 6.54 Å². The van der Waals surface area contributed by atoms with E-state index in [4.69, 9.17) is 16.3 Å². The van der Waals surface area contributed by atoms with E-state index in [-0.39, 0.29) is 11.6 Å². The molecule has 1 N–H and O–H groups in total. The second-order valence-electron chi connectivity index (χ2n) is 6.00. The first kappa shape index (κ1) is 14.4. The van der Waals surface area contributed by atoms with Gasteiger partial charge in [0.05, 0.1) is 5.69 Å². The van der Waals surface area contributed by atoms with Gasteiger partial charge in [0, 0.05) is 35.8 Å². The molecule has 0 radical (unpaired) electrons. The lowest BCUT2D eigenvalue weighted by molar-refractivity contribution is 0.0656. The van der Waals surface area contributed by atoms with E-state index in [0.717, 1.165) is 35.0 Å². The lowest BCUT2D eigenvalue weighted by Crippen LogP contribution is -2.39. The molecule has 0 saturated heterocycles. The minimum absolute atomic E-state index is 0.192. The van der Waals surface area contributed by atoms with Gasteiger partial charge in [0.2, 0.25) is 0 Å². The summed E-state index contributed by atoms with van der Waals surface area (Å²) in [7, 11) is 0. The highest BCUT2D eigenvalue weighted by Gasteiger charge is 2.33. The number of nitrogens with one attached hydrogen (secondary N) is 1. The zero-order valence-corrected chi connectivity index (χ0v) is 13.0. The van der Waals surface area contributed by atoms with Crippen molar-refractivity contribution in [3.63, 3.8) is 0 Å². The Morgan fingerprint density at radius 2 is 2.19 bits per heavy atom. The van der Waals surface area contributed by atoms with Gasteiger partial charge in [0.1, 0.15) is 11.4 Å². The second-order valence-corrected chi connectivity index (χ2v) is 6.44. The predicted molar refractivity (Wildman–Crippen MR) is 84.6 cm³/mol. The van der Waals surface area contributed by atoms with Crippen LogP contribution in [0.2, 0.25) is 5.02 Å². The Kier molecular flexibility index (Phi) is 3.87. The molecule has 3 rings (SSSR count). The van der Waals surface area contributed by atoms with Crippen molar-refractivity contribution in [1.29, 1.82) is 0 Å². The Bertz CT molecular complexity index is 628. The molecule has 110 valence electrons. The van der Waals surface area contributed by atoms with Crippen LogP contribution in [0.1, 0.15) is 37.6 Å². The van der Waals surface area contributed by atoms with Crippen LogP contribution in [0.4, 0.5) is 0 Å². The summed E-state index contributed by atoms with van der Waals surface area (Å²) in [6.45, 7) is 4.95. The third kappa shape index (κ3) is 3.36. The fourth-order valence-electron chi connectivity index (χ4n) is 2.74. The van der Waals surface area contributed by atoms with Crippen LogP contribution >= 0.6 is 11.6 Å². The molecule has 0 spiro atoms. The van der Waals surface area contributed by atoms with E-state index in [1.165, 1.54) is 0 Å². The van der Waals surface area contributed by atoms with E-state index in [1.807, 2.05) is 42.6 Å². The Labute approximate surface area is 130 Å². The van der Waals surface area contributed by atoms with Gasteiger partial charge in [-0.2, -0.15) is 0 Å². The summed E-state index contributed by atoms with van der Waals surface area (Å²) in [5.74, 6) is 0.911. The smallest absolute Gasteiger partial charge is 0.124 e. The second kappa shape index (κ2) is 5.66. The first-order chi connectivity index (χ1) is 10.0. The summed E-state index contributed by atoms with van der Waals surface area (Å²) < 4.78 is 6.04. The molecule has 1 aromatic carbocycles. The quantitative estimate of drug-likeness (QED) is 0.926. The van der Waals surface area contributed by atoms with Crippen LogP contribution in [0, 0.1) is 0 Å². The number of aromatic nitrogens is 1. The molecule has 21 heavy (non-hydrogen) atoms.